The minimum atomic E-state index is 0.842. The van der Waals surface area contributed by atoms with Gasteiger partial charge < -0.3 is 10.3 Å². The fourth-order valence-electron chi connectivity index (χ4n) is 2.22. The Hall–Kier alpha value is -1.33. The van der Waals surface area contributed by atoms with Crippen molar-refractivity contribution in [2.45, 2.75) is 20.4 Å². The minimum absolute atomic E-state index is 0.842. The van der Waals surface area contributed by atoms with Crippen molar-refractivity contribution in [3.63, 3.8) is 0 Å². The minimum Gasteiger partial charge on any atom is -0.397 e. The first kappa shape index (κ1) is 12.7. The number of imidazole rings is 1. The van der Waals surface area contributed by atoms with Gasteiger partial charge in [0.15, 0.2) is 5.82 Å². The third-order valence-corrected chi connectivity index (χ3v) is 4.86. The molecule has 3 aromatic rings. The fraction of sp³-hybridized carbons (Fsp3) is 0.214. The van der Waals surface area contributed by atoms with Crippen LogP contribution in [0.4, 0.5) is 5.69 Å². The molecule has 2 aromatic heterocycles. The summed E-state index contributed by atoms with van der Waals surface area (Å²) in [5.41, 5.74) is 10.3. The van der Waals surface area contributed by atoms with Crippen LogP contribution in [0.3, 0.4) is 0 Å². The first-order valence-electron chi connectivity index (χ1n) is 6.11. The lowest BCUT2D eigenvalue weighted by Gasteiger charge is -2.05. The Balaban J connectivity index is 2.31. The molecule has 2 N–H and O–H groups in total. The van der Waals surface area contributed by atoms with Crippen molar-refractivity contribution in [3.8, 4) is 10.7 Å². The molecule has 0 fully saturated rings. The SMILES string of the molecule is CCn1c(-c2scc(C)c2N)nc2cc(Br)ccc21. The average molecular weight is 336 g/mol. The predicted molar refractivity (Wildman–Crippen MR) is 85.6 cm³/mol. The lowest BCUT2D eigenvalue weighted by Crippen LogP contribution is -1.98. The molecular formula is C14H14BrN3S. The zero-order valence-electron chi connectivity index (χ0n) is 10.8. The first-order chi connectivity index (χ1) is 9.11. The molecule has 0 bridgehead atoms. The Morgan fingerprint density at radius 1 is 1.42 bits per heavy atom. The Morgan fingerprint density at radius 3 is 2.84 bits per heavy atom. The van der Waals surface area contributed by atoms with Gasteiger partial charge in [0, 0.05) is 11.0 Å². The monoisotopic (exact) mass is 335 g/mol. The number of halogens is 1. The van der Waals surface area contributed by atoms with E-state index >= 15 is 0 Å². The number of fused-ring (bicyclic) bond motifs is 1. The van der Waals surface area contributed by atoms with E-state index in [9.17, 15) is 0 Å². The van der Waals surface area contributed by atoms with Crippen LogP contribution in [0, 0.1) is 6.92 Å². The molecule has 3 rings (SSSR count). The Labute approximate surface area is 124 Å². The average Bonchev–Trinajstić information content (AvgIpc) is 2.90. The van der Waals surface area contributed by atoms with Gasteiger partial charge in [-0.2, -0.15) is 0 Å². The molecule has 5 heteroatoms. The molecule has 0 aliphatic rings. The molecule has 0 radical (unpaired) electrons. The third-order valence-electron chi connectivity index (χ3n) is 3.25. The largest absolute Gasteiger partial charge is 0.397 e. The summed E-state index contributed by atoms with van der Waals surface area (Å²) in [6.45, 7) is 5.04. The highest BCUT2D eigenvalue weighted by atomic mass is 79.9. The summed E-state index contributed by atoms with van der Waals surface area (Å²) >= 11 is 5.15. The van der Waals surface area contributed by atoms with Crippen molar-refractivity contribution >= 4 is 44.0 Å². The van der Waals surface area contributed by atoms with Crippen molar-refractivity contribution in [1.29, 1.82) is 0 Å². The van der Waals surface area contributed by atoms with E-state index in [4.69, 9.17) is 10.7 Å². The highest BCUT2D eigenvalue weighted by Crippen LogP contribution is 2.36. The molecule has 0 saturated heterocycles. The Kier molecular flexibility index (Phi) is 3.11. The summed E-state index contributed by atoms with van der Waals surface area (Å²) in [5, 5.41) is 2.08. The fourth-order valence-corrected chi connectivity index (χ4v) is 3.54. The van der Waals surface area contributed by atoms with Gasteiger partial charge in [0.1, 0.15) is 0 Å². The van der Waals surface area contributed by atoms with Gasteiger partial charge in [-0.1, -0.05) is 15.9 Å². The van der Waals surface area contributed by atoms with Crippen LogP contribution in [0.1, 0.15) is 12.5 Å². The van der Waals surface area contributed by atoms with Crippen molar-refractivity contribution in [1.82, 2.24) is 9.55 Å². The Morgan fingerprint density at radius 2 is 2.21 bits per heavy atom. The van der Waals surface area contributed by atoms with Crippen LogP contribution < -0.4 is 5.73 Å². The molecular weight excluding hydrogens is 322 g/mol. The summed E-state index contributed by atoms with van der Waals surface area (Å²) in [7, 11) is 0. The van der Waals surface area contributed by atoms with Gasteiger partial charge in [0.2, 0.25) is 0 Å². The highest BCUT2D eigenvalue weighted by Gasteiger charge is 2.16. The maximum absolute atomic E-state index is 6.16. The van der Waals surface area contributed by atoms with E-state index in [1.165, 1.54) is 0 Å². The smallest absolute Gasteiger partial charge is 0.153 e. The number of nitrogens with two attached hydrogens (primary N) is 1. The van der Waals surface area contributed by atoms with E-state index in [0.717, 1.165) is 44.0 Å². The number of thiophene rings is 1. The van der Waals surface area contributed by atoms with E-state index in [-0.39, 0.29) is 0 Å². The van der Waals surface area contributed by atoms with Gasteiger partial charge in [0.05, 0.1) is 21.6 Å². The summed E-state index contributed by atoms with van der Waals surface area (Å²) in [4.78, 5) is 5.81. The highest BCUT2D eigenvalue weighted by molar-refractivity contribution is 9.10. The third kappa shape index (κ3) is 1.97. The van der Waals surface area contributed by atoms with E-state index in [1.807, 2.05) is 19.1 Å². The summed E-state index contributed by atoms with van der Waals surface area (Å²) in [6.07, 6.45) is 0. The van der Waals surface area contributed by atoms with Gasteiger partial charge >= 0.3 is 0 Å². The maximum atomic E-state index is 6.16. The molecule has 0 saturated carbocycles. The summed E-state index contributed by atoms with van der Waals surface area (Å²) in [5.74, 6) is 0.964. The van der Waals surface area contributed by atoms with Crippen LogP contribution in [0.15, 0.2) is 28.1 Å². The van der Waals surface area contributed by atoms with Crippen LogP contribution in [0.5, 0.6) is 0 Å². The lowest BCUT2D eigenvalue weighted by atomic mass is 10.3. The number of aryl methyl sites for hydroxylation is 2. The molecule has 1 aromatic carbocycles. The maximum Gasteiger partial charge on any atom is 0.153 e. The number of hydrogen-bond donors (Lipinski definition) is 1. The predicted octanol–water partition coefficient (Wildman–Crippen LogP) is 4.44. The molecule has 0 aliphatic heterocycles. The number of hydrogen-bond acceptors (Lipinski definition) is 3. The number of nitrogen functional groups attached to an aromatic ring is 1. The number of benzene rings is 1. The Bertz CT molecular complexity index is 757. The number of rotatable bonds is 2. The van der Waals surface area contributed by atoms with Crippen molar-refractivity contribution in [2.24, 2.45) is 0 Å². The van der Waals surface area contributed by atoms with Crippen molar-refractivity contribution < 1.29 is 0 Å². The molecule has 0 spiro atoms. The van der Waals surface area contributed by atoms with E-state index in [0.29, 0.717) is 0 Å². The van der Waals surface area contributed by atoms with Gasteiger partial charge in [-0.3, -0.25) is 0 Å². The van der Waals surface area contributed by atoms with Gasteiger partial charge in [-0.15, -0.1) is 11.3 Å². The van der Waals surface area contributed by atoms with Crippen LogP contribution in [-0.4, -0.2) is 9.55 Å². The zero-order chi connectivity index (χ0) is 13.6. The van der Waals surface area contributed by atoms with Crippen LogP contribution >= 0.6 is 27.3 Å². The van der Waals surface area contributed by atoms with Crippen molar-refractivity contribution in [3.05, 3.63) is 33.6 Å². The standard InChI is InChI=1S/C14H14BrN3S/c1-3-18-11-5-4-9(15)6-10(11)17-14(18)13-12(16)8(2)7-19-13/h4-7H,3,16H2,1-2H3. The quantitative estimate of drug-likeness (QED) is 0.752. The van der Waals surface area contributed by atoms with Gasteiger partial charge in [0.25, 0.3) is 0 Å². The van der Waals surface area contributed by atoms with Crippen LogP contribution in [0.25, 0.3) is 21.7 Å². The first-order valence-corrected chi connectivity index (χ1v) is 7.78. The second kappa shape index (κ2) is 4.65. The van der Waals surface area contributed by atoms with E-state index in [1.54, 1.807) is 11.3 Å². The lowest BCUT2D eigenvalue weighted by molar-refractivity contribution is 0.798. The van der Waals surface area contributed by atoms with E-state index in [2.05, 4.69) is 38.9 Å². The normalized spacial score (nSPS) is 11.3. The number of aromatic nitrogens is 2. The van der Waals surface area contributed by atoms with Crippen molar-refractivity contribution in [2.75, 3.05) is 5.73 Å². The molecule has 98 valence electrons. The zero-order valence-corrected chi connectivity index (χ0v) is 13.2. The number of anilines is 1. The molecule has 19 heavy (non-hydrogen) atoms. The molecule has 3 nitrogen and oxygen atoms in total. The molecule has 0 atom stereocenters. The molecule has 0 aliphatic carbocycles. The number of nitrogens with zero attached hydrogens (tertiary/aromatic N) is 2. The van der Waals surface area contributed by atoms with E-state index < -0.39 is 0 Å². The topological polar surface area (TPSA) is 43.8 Å². The molecule has 0 amide bonds. The molecule has 2 heterocycles. The van der Waals surface area contributed by atoms with Crippen LogP contribution in [0.2, 0.25) is 0 Å². The second-order valence-corrected chi connectivity index (χ2v) is 6.27. The van der Waals surface area contributed by atoms with Crippen LogP contribution in [-0.2, 0) is 6.54 Å². The van der Waals surface area contributed by atoms with Gasteiger partial charge in [-0.05, 0) is 43.0 Å². The summed E-state index contributed by atoms with van der Waals surface area (Å²) in [6, 6.07) is 6.18. The second-order valence-electron chi connectivity index (χ2n) is 4.47. The molecule has 0 unspecified atom stereocenters. The summed E-state index contributed by atoms with van der Waals surface area (Å²) < 4.78 is 3.26. The van der Waals surface area contributed by atoms with Gasteiger partial charge in [-0.25, -0.2) is 4.98 Å².